The second-order valence-corrected chi connectivity index (χ2v) is 13.2. The molecule has 0 aliphatic rings. The van der Waals surface area contributed by atoms with Gasteiger partial charge in [0.05, 0.1) is 0 Å². The van der Waals surface area contributed by atoms with E-state index in [0.717, 1.165) is 49.6 Å². The summed E-state index contributed by atoms with van der Waals surface area (Å²) < 4.78 is 12.6. The molecule has 2 heteroatoms. The molecule has 2 heterocycles. The SMILES string of the molecule is c1ccc2c(c1)oc1c(-c3ccc(-c4c5ccccc5c(-c5ccc6c(ccc7oc8ccccc8c76)c5)c5ccccc45)cc3)cccc12. The predicted molar refractivity (Wildman–Crippen MR) is 210 cm³/mol. The van der Waals surface area contributed by atoms with Crippen LogP contribution in [0.15, 0.2) is 179 Å². The van der Waals surface area contributed by atoms with Crippen molar-refractivity contribution in [2.24, 2.45) is 0 Å². The highest BCUT2D eigenvalue weighted by atomic mass is 16.3. The second-order valence-electron chi connectivity index (χ2n) is 13.2. The molecule has 0 spiro atoms. The van der Waals surface area contributed by atoms with Gasteiger partial charge < -0.3 is 8.83 Å². The van der Waals surface area contributed by atoms with E-state index in [9.17, 15) is 0 Å². The number of fused-ring (bicyclic) bond motifs is 10. The molecule has 0 bridgehead atoms. The third kappa shape index (κ3) is 3.90. The Morgan fingerprint density at radius 1 is 0.300 bits per heavy atom. The first kappa shape index (κ1) is 27.3. The van der Waals surface area contributed by atoms with Gasteiger partial charge in [-0.1, -0.05) is 146 Å². The average Bonchev–Trinajstić information content (AvgIpc) is 3.76. The molecule has 2 nitrogen and oxygen atoms in total. The lowest BCUT2D eigenvalue weighted by atomic mass is 9.85. The van der Waals surface area contributed by atoms with Gasteiger partial charge in [0.25, 0.3) is 0 Å². The Bertz CT molecular complexity index is 3080. The second kappa shape index (κ2) is 10.4. The normalized spacial score (nSPS) is 12.0. The van der Waals surface area contributed by atoms with Gasteiger partial charge in [0.2, 0.25) is 0 Å². The zero-order valence-corrected chi connectivity index (χ0v) is 27.0. The molecule has 11 rings (SSSR count). The monoisotopic (exact) mass is 636 g/mol. The first-order valence-corrected chi connectivity index (χ1v) is 17.1. The van der Waals surface area contributed by atoms with Crippen LogP contribution in [0.3, 0.4) is 0 Å². The van der Waals surface area contributed by atoms with Gasteiger partial charge in [-0.2, -0.15) is 0 Å². The fourth-order valence-electron chi connectivity index (χ4n) is 8.25. The highest BCUT2D eigenvalue weighted by Gasteiger charge is 2.18. The Hall–Kier alpha value is -6.64. The molecule has 0 unspecified atom stereocenters. The van der Waals surface area contributed by atoms with Gasteiger partial charge >= 0.3 is 0 Å². The van der Waals surface area contributed by atoms with E-state index in [-0.39, 0.29) is 0 Å². The van der Waals surface area contributed by atoms with Crippen LogP contribution in [-0.4, -0.2) is 0 Å². The molecule has 0 saturated carbocycles. The van der Waals surface area contributed by atoms with Crippen LogP contribution in [0.1, 0.15) is 0 Å². The maximum atomic E-state index is 6.38. The van der Waals surface area contributed by atoms with Gasteiger partial charge in [-0.3, -0.25) is 0 Å². The van der Waals surface area contributed by atoms with E-state index in [0.29, 0.717) is 0 Å². The molecule has 0 aliphatic carbocycles. The number of hydrogen-bond acceptors (Lipinski definition) is 2. The molecule has 0 saturated heterocycles. The lowest BCUT2D eigenvalue weighted by molar-refractivity contribution is 0.669. The lowest BCUT2D eigenvalue weighted by Gasteiger charge is -2.18. The zero-order valence-electron chi connectivity index (χ0n) is 27.0. The van der Waals surface area contributed by atoms with Gasteiger partial charge in [0.15, 0.2) is 0 Å². The summed E-state index contributed by atoms with van der Waals surface area (Å²) in [6, 6.07) is 60.9. The number of hydrogen-bond donors (Lipinski definition) is 0. The van der Waals surface area contributed by atoms with Crippen LogP contribution >= 0.6 is 0 Å². The summed E-state index contributed by atoms with van der Waals surface area (Å²) in [7, 11) is 0. The van der Waals surface area contributed by atoms with Crippen LogP contribution in [0.4, 0.5) is 0 Å². The van der Waals surface area contributed by atoms with E-state index in [2.05, 4.69) is 146 Å². The summed E-state index contributed by atoms with van der Waals surface area (Å²) in [5.41, 5.74) is 10.8. The molecule has 9 aromatic carbocycles. The van der Waals surface area contributed by atoms with Crippen LogP contribution < -0.4 is 0 Å². The highest BCUT2D eigenvalue weighted by Crippen LogP contribution is 2.45. The van der Waals surface area contributed by atoms with Crippen molar-refractivity contribution in [2.75, 3.05) is 0 Å². The molecule has 0 atom stereocenters. The van der Waals surface area contributed by atoms with Crippen molar-refractivity contribution in [3.05, 3.63) is 170 Å². The van der Waals surface area contributed by atoms with E-state index in [1.807, 2.05) is 24.3 Å². The minimum atomic E-state index is 0.916. The predicted octanol–water partition coefficient (Wildman–Crippen LogP) is 13.9. The van der Waals surface area contributed by atoms with Crippen molar-refractivity contribution in [1.29, 1.82) is 0 Å². The Kier molecular flexibility index (Phi) is 5.70. The summed E-state index contributed by atoms with van der Waals surface area (Å²) >= 11 is 0. The number of para-hydroxylation sites is 3. The number of furan rings is 2. The first-order chi connectivity index (χ1) is 24.8. The van der Waals surface area contributed by atoms with Crippen molar-refractivity contribution < 1.29 is 8.83 Å². The molecule has 2 aromatic heterocycles. The smallest absolute Gasteiger partial charge is 0.143 e. The van der Waals surface area contributed by atoms with Crippen LogP contribution in [-0.2, 0) is 0 Å². The average molecular weight is 637 g/mol. The summed E-state index contributed by atoms with van der Waals surface area (Å²) in [6.45, 7) is 0. The van der Waals surface area contributed by atoms with Crippen LogP contribution in [0, 0.1) is 0 Å². The molecule has 0 radical (unpaired) electrons. The summed E-state index contributed by atoms with van der Waals surface area (Å²) in [6.07, 6.45) is 0. The topological polar surface area (TPSA) is 26.3 Å². The lowest BCUT2D eigenvalue weighted by Crippen LogP contribution is -1.91. The third-order valence-corrected chi connectivity index (χ3v) is 10.5. The van der Waals surface area contributed by atoms with Crippen molar-refractivity contribution in [3.8, 4) is 33.4 Å². The van der Waals surface area contributed by atoms with Crippen LogP contribution in [0.5, 0.6) is 0 Å². The maximum absolute atomic E-state index is 6.38. The number of rotatable bonds is 3. The summed E-state index contributed by atoms with van der Waals surface area (Å²) in [5, 5.41) is 12.0. The molecule has 0 aliphatic heterocycles. The van der Waals surface area contributed by atoms with Gasteiger partial charge in [-0.25, -0.2) is 0 Å². The minimum absolute atomic E-state index is 0.916. The molecule has 50 heavy (non-hydrogen) atoms. The van der Waals surface area contributed by atoms with Crippen molar-refractivity contribution >= 4 is 76.2 Å². The molecular formula is C48H28O2. The highest BCUT2D eigenvalue weighted by molar-refractivity contribution is 6.23. The standard InChI is InChI=1S/C48H28O2/c1-3-13-38-36(11-1)45(30-22-20-29(21-23-30)34-16-9-17-40-35-10-5-7-18-42(35)50-48(34)40)37-12-2-4-14-39(37)46(38)32-24-26-33-31(28-32)25-27-44-47(33)41-15-6-8-19-43(41)49-44/h1-28H. The van der Waals surface area contributed by atoms with E-state index < -0.39 is 0 Å². The molecule has 11 aromatic rings. The van der Waals surface area contributed by atoms with Crippen molar-refractivity contribution in [3.63, 3.8) is 0 Å². The summed E-state index contributed by atoms with van der Waals surface area (Å²) in [4.78, 5) is 0. The van der Waals surface area contributed by atoms with Crippen LogP contribution in [0.25, 0.3) is 110 Å². The van der Waals surface area contributed by atoms with Crippen molar-refractivity contribution in [1.82, 2.24) is 0 Å². The maximum Gasteiger partial charge on any atom is 0.143 e. The molecule has 232 valence electrons. The van der Waals surface area contributed by atoms with E-state index >= 15 is 0 Å². The van der Waals surface area contributed by atoms with Gasteiger partial charge in [-0.05, 0) is 84.4 Å². The molecule has 0 fully saturated rings. The molecule has 0 N–H and O–H groups in total. The Balaban J connectivity index is 1.10. The van der Waals surface area contributed by atoms with E-state index in [4.69, 9.17) is 8.83 Å². The van der Waals surface area contributed by atoms with E-state index in [1.54, 1.807) is 0 Å². The van der Waals surface area contributed by atoms with Gasteiger partial charge in [0, 0.05) is 27.1 Å². The van der Waals surface area contributed by atoms with Gasteiger partial charge in [0.1, 0.15) is 22.3 Å². The van der Waals surface area contributed by atoms with Gasteiger partial charge in [-0.15, -0.1) is 0 Å². The Morgan fingerprint density at radius 3 is 1.54 bits per heavy atom. The zero-order chi connectivity index (χ0) is 32.8. The van der Waals surface area contributed by atoms with Crippen LogP contribution in [0.2, 0.25) is 0 Å². The minimum Gasteiger partial charge on any atom is -0.456 e. The molecule has 0 amide bonds. The molecular weight excluding hydrogens is 609 g/mol. The van der Waals surface area contributed by atoms with Crippen molar-refractivity contribution in [2.45, 2.75) is 0 Å². The van der Waals surface area contributed by atoms with E-state index in [1.165, 1.54) is 60.0 Å². The Morgan fingerprint density at radius 2 is 0.840 bits per heavy atom. The first-order valence-electron chi connectivity index (χ1n) is 17.1. The largest absolute Gasteiger partial charge is 0.456 e. The quantitative estimate of drug-likeness (QED) is 0.180. The Labute approximate surface area is 287 Å². The fraction of sp³-hybridized carbons (Fsp3) is 0. The number of benzene rings is 9. The fourth-order valence-corrected chi connectivity index (χ4v) is 8.25. The third-order valence-electron chi connectivity index (χ3n) is 10.5. The summed E-state index contributed by atoms with van der Waals surface area (Å²) in [5.74, 6) is 0.